The molecule has 0 radical (unpaired) electrons. The molecule has 3 nitrogen and oxygen atoms in total. The van der Waals surface area contributed by atoms with Crippen molar-refractivity contribution in [1.29, 1.82) is 0 Å². The number of benzene rings is 1. The van der Waals surface area contributed by atoms with Crippen molar-refractivity contribution in [3.8, 4) is 0 Å². The van der Waals surface area contributed by atoms with Crippen LogP contribution in [0.5, 0.6) is 0 Å². The van der Waals surface area contributed by atoms with Crippen molar-refractivity contribution in [3.63, 3.8) is 0 Å². The topological polar surface area (TPSA) is 50.2 Å². The van der Waals surface area contributed by atoms with Crippen LogP contribution in [-0.4, -0.2) is 16.1 Å². The van der Waals surface area contributed by atoms with E-state index in [1.165, 1.54) is 23.9 Å². The summed E-state index contributed by atoms with van der Waals surface area (Å²) in [5.41, 5.74) is 0.842. The fraction of sp³-hybridized carbons (Fsp3) is 0.0769. The van der Waals surface area contributed by atoms with E-state index in [9.17, 15) is 9.18 Å². The largest absolute Gasteiger partial charge is 0.478 e. The summed E-state index contributed by atoms with van der Waals surface area (Å²) >= 11 is 1.21. The lowest BCUT2D eigenvalue weighted by molar-refractivity contribution is 0.0691. The Kier molecular flexibility index (Phi) is 3.62. The normalized spacial score (nSPS) is 10.3. The lowest BCUT2D eigenvalue weighted by Gasteiger charge is -2.07. The Morgan fingerprint density at radius 1 is 1.28 bits per heavy atom. The van der Waals surface area contributed by atoms with Crippen molar-refractivity contribution >= 4 is 17.7 Å². The third-order valence-electron chi connectivity index (χ3n) is 2.37. The predicted octanol–water partition coefficient (Wildman–Crippen LogP) is 3.38. The van der Waals surface area contributed by atoms with Crippen molar-refractivity contribution in [2.24, 2.45) is 0 Å². The minimum Gasteiger partial charge on any atom is -0.478 e. The first-order chi connectivity index (χ1) is 8.58. The summed E-state index contributed by atoms with van der Waals surface area (Å²) in [6, 6.07) is 7.50. The molecule has 2 aromatic rings. The number of carboxylic acid groups (broad SMARTS) is 1. The molecular weight excluding hydrogens is 253 g/mol. The van der Waals surface area contributed by atoms with E-state index < -0.39 is 5.97 Å². The number of carboxylic acids is 1. The molecule has 1 aromatic heterocycles. The van der Waals surface area contributed by atoms with Crippen molar-refractivity contribution in [2.45, 2.75) is 16.8 Å². The smallest absolute Gasteiger partial charge is 0.338 e. The maximum atomic E-state index is 12.8. The number of nitrogens with zero attached hydrogens (tertiary/aromatic N) is 1. The van der Waals surface area contributed by atoms with Gasteiger partial charge in [-0.15, -0.1) is 0 Å². The van der Waals surface area contributed by atoms with Gasteiger partial charge in [-0.2, -0.15) is 0 Å². The first-order valence-electron chi connectivity index (χ1n) is 5.20. The average Bonchev–Trinajstić information content (AvgIpc) is 2.32. The Bertz CT molecular complexity index is 584. The van der Waals surface area contributed by atoms with Gasteiger partial charge in [0.05, 0.1) is 5.56 Å². The maximum Gasteiger partial charge on any atom is 0.338 e. The molecule has 18 heavy (non-hydrogen) atoms. The molecule has 0 aliphatic rings. The lowest BCUT2D eigenvalue weighted by atomic mass is 10.2. The zero-order valence-corrected chi connectivity index (χ0v) is 10.4. The molecule has 0 aliphatic carbocycles. The molecule has 1 aromatic carbocycles. The van der Waals surface area contributed by atoms with E-state index in [2.05, 4.69) is 4.98 Å². The molecule has 2 rings (SSSR count). The van der Waals surface area contributed by atoms with Gasteiger partial charge in [0.1, 0.15) is 10.8 Å². The van der Waals surface area contributed by atoms with Gasteiger partial charge in [0.2, 0.25) is 0 Å². The Morgan fingerprint density at radius 2 is 1.94 bits per heavy atom. The number of pyridine rings is 1. The van der Waals surface area contributed by atoms with E-state index >= 15 is 0 Å². The van der Waals surface area contributed by atoms with E-state index in [1.54, 1.807) is 31.3 Å². The summed E-state index contributed by atoms with van der Waals surface area (Å²) in [6.45, 7) is 1.72. The SMILES string of the molecule is Cc1ccnc(Sc2ccc(F)cc2)c1C(=O)O. The fourth-order valence-electron chi connectivity index (χ4n) is 1.49. The fourth-order valence-corrected chi connectivity index (χ4v) is 2.44. The van der Waals surface area contributed by atoms with Gasteiger partial charge in [-0.3, -0.25) is 0 Å². The van der Waals surface area contributed by atoms with E-state index in [0.717, 1.165) is 4.90 Å². The zero-order valence-electron chi connectivity index (χ0n) is 9.55. The molecule has 92 valence electrons. The van der Waals surface area contributed by atoms with Gasteiger partial charge >= 0.3 is 5.97 Å². The molecule has 0 aliphatic heterocycles. The number of hydrogen-bond acceptors (Lipinski definition) is 3. The number of aromatic nitrogens is 1. The van der Waals surface area contributed by atoms with Gasteiger partial charge in [0.15, 0.2) is 0 Å². The third kappa shape index (κ3) is 2.68. The van der Waals surface area contributed by atoms with Crippen LogP contribution in [-0.2, 0) is 0 Å². The summed E-state index contributed by atoms with van der Waals surface area (Å²) in [4.78, 5) is 16.0. The van der Waals surface area contributed by atoms with Crippen LogP contribution in [0.3, 0.4) is 0 Å². The van der Waals surface area contributed by atoms with Gasteiger partial charge < -0.3 is 5.11 Å². The molecule has 0 saturated heterocycles. The van der Waals surface area contributed by atoms with Gasteiger partial charge in [0, 0.05) is 11.1 Å². The van der Waals surface area contributed by atoms with Crippen LogP contribution < -0.4 is 0 Å². The Morgan fingerprint density at radius 3 is 2.56 bits per heavy atom. The van der Waals surface area contributed by atoms with Crippen LogP contribution in [0.2, 0.25) is 0 Å². The number of halogens is 1. The second kappa shape index (κ2) is 5.18. The van der Waals surface area contributed by atoms with E-state index in [-0.39, 0.29) is 11.4 Å². The van der Waals surface area contributed by atoms with E-state index in [0.29, 0.717) is 10.6 Å². The molecule has 0 bridgehead atoms. The monoisotopic (exact) mass is 263 g/mol. The minimum atomic E-state index is -1.01. The summed E-state index contributed by atoms with van der Waals surface area (Å²) in [7, 11) is 0. The standard InChI is InChI=1S/C13H10FNO2S/c1-8-6-7-15-12(11(8)13(16)17)18-10-4-2-9(14)3-5-10/h2-7H,1H3,(H,16,17). The summed E-state index contributed by atoms with van der Waals surface area (Å²) < 4.78 is 12.8. The molecule has 0 amide bonds. The van der Waals surface area contributed by atoms with Crippen LogP contribution >= 0.6 is 11.8 Å². The van der Waals surface area contributed by atoms with Crippen molar-refractivity contribution in [2.75, 3.05) is 0 Å². The van der Waals surface area contributed by atoms with Gasteiger partial charge in [-0.05, 0) is 42.8 Å². The van der Waals surface area contributed by atoms with Crippen LogP contribution in [0.1, 0.15) is 15.9 Å². The maximum absolute atomic E-state index is 12.8. The second-order valence-corrected chi connectivity index (χ2v) is 4.73. The predicted molar refractivity (Wildman–Crippen MR) is 66.5 cm³/mol. The first-order valence-corrected chi connectivity index (χ1v) is 6.02. The quantitative estimate of drug-likeness (QED) is 0.922. The molecule has 1 heterocycles. The zero-order chi connectivity index (χ0) is 13.1. The summed E-state index contributed by atoms with van der Waals surface area (Å²) in [5, 5.41) is 9.57. The average molecular weight is 263 g/mol. The van der Waals surface area contributed by atoms with Crippen LogP contribution in [0, 0.1) is 12.7 Å². The molecule has 0 fully saturated rings. The number of hydrogen-bond donors (Lipinski definition) is 1. The number of carbonyl (C=O) groups is 1. The molecule has 1 N–H and O–H groups in total. The summed E-state index contributed by atoms with van der Waals surface area (Å²) in [5.74, 6) is -1.33. The van der Waals surface area contributed by atoms with Gasteiger partial charge in [-0.25, -0.2) is 14.2 Å². The Hall–Kier alpha value is -1.88. The number of aromatic carboxylic acids is 1. The van der Waals surface area contributed by atoms with Crippen molar-refractivity contribution < 1.29 is 14.3 Å². The van der Waals surface area contributed by atoms with Crippen LogP contribution in [0.25, 0.3) is 0 Å². The number of rotatable bonds is 3. The van der Waals surface area contributed by atoms with Crippen molar-refractivity contribution in [1.82, 2.24) is 4.98 Å². The molecule has 0 spiro atoms. The number of aryl methyl sites for hydroxylation is 1. The molecular formula is C13H10FNO2S. The highest BCUT2D eigenvalue weighted by Gasteiger charge is 2.15. The van der Waals surface area contributed by atoms with E-state index in [4.69, 9.17) is 5.11 Å². The molecule has 0 atom stereocenters. The lowest BCUT2D eigenvalue weighted by Crippen LogP contribution is -2.03. The minimum absolute atomic E-state index is 0.187. The van der Waals surface area contributed by atoms with Gasteiger partial charge in [-0.1, -0.05) is 11.8 Å². The second-order valence-electron chi connectivity index (χ2n) is 3.67. The molecule has 5 heteroatoms. The Balaban J connectivity index is 2.37. The van der Waals surface area contributed by atoms with E-state index in [1.807, 2.05) is 0 Å². The third-order valence-corrected chi connectivity index (χ3v) is 3.38. The van der Waals surface area contributed by atoms with Crippen LogP contribution in [0.4, 0.5) is 4.39 Å². The molecule has 0 unspecified atom stereocenters. The molecule has 0 saturated carbocycles. The highest BCUT2D eigenvalue weighted by molar-refractivity contribution is 7.99. The highest BCUT2D eigenvalue weighted by Crippen LogP contribution is 2.30. The van der Waals surface area contributed by atoms with Gasteiger partial charge in [0.25, 0.3) is 0 Å². The summed E-state index contributed by atoms with van der Waals surface area (Å²) in [6.07, 6.45) is 1.56. The van der Waals surface area contributed by atoms with Crippen LogP contribution in [0.15, 0.2) is 46.5 Å². The first kappa shape index (κ1) is 12.6. The highest BCUT2D eigenvalue weighted by atomic mass is 32.2. The van der Waals surface area contributed by atoms with Crippen molar-refractivity contribution in [3.05, 3.63) is 53.5 Å². The Labute approximate surface area is 108 Å².